The first-order chi connectivity index (χ1) is 19.8. The van der Waals surface area contributed by atoms with E-state index in [2.05, 4.69) is 56.7 Å². The highest BCUT2D eigenvalue weighted by molar-refractivity contribution is 6.29. The molecule has 0 fully saturated rings. The Kier molecular flexibility index (Phi) is 17.3. The van der Waals surface area contributed by atoms with E-state index < -0.39 is 0 Å². The van der Waals surface area contributed by atoms with Crippen molar-refractivity contribution < 1.29 is 9.47 Å². The highest BCUT2D eigenvalue weighted by atomic mass is 35.5. The zero-order valence-electron chi connectivity index (χ0n) is 25.0. The molecule has 0 radical (unpaired) electrons. The van der Waals surface area contributed by atoms with Gasteiger partial charge in [0.2, 0.25) is 0 Å². The van der Waals surface area contributed by atoms with Crippen molar-refractivity contribution in [1.82, 2.24) is 19.9 Å². The summed E-state index contributed by atoms with van der Waals surface area (Å²) in [4.78, 5) is 16.3. The van der Waals surface area contributed by atoms with Crippen molar-refractivity contribution in [1.29, 1.82) is 0 Å². The molecule has 10 nitrogen and oxygen atoms in total. The second-order valence-electron chi connectivity index (χ2n) is 9.06. The summed E-state index contributed by atoms with van der Waals surface area (Å²) >= 11 is 5.75. The number of methoxy groups -OCH3 is 2. The summed E-state index contributed by atoms with van der Waals surface area (Å²) < 4.78 is 10.2. The van der Waals surface area contributed by atoms with Crippen LogP contribution in [0.5, 0.6) is 11.5 Å². The van der Waals surface area contributed by atoms with Gasteiger partial charge in [-0.2, -0.15) is 0 Å². The van der Waals surface area contributed by atoms with Gasteiger partial charge in [0, 0.05) is 35.6 Å². The summed E-state index contributed by atoms with van der Waals surface area (Å²) in [5, 5.41) is 10.1. The van der Waals surface area contributed by atoms with Crippen LogP contribution in [-0.4, -0.2) is 46.2 Å². The van der Waals surface area contributed by atoms with Gasteiger partial charge < -0.3 is 31.2 Å². The highest BCUT2D eigenvalue weighted by Crippen LogP contribution is 2.21. The van der Waals surface area contributed by atoms with E-state index in [0.717, 1.165) is 47.4 Å². The molecule has 5 N–H and O–H groups in total. The fraction of sp³-hybridized carbons (Fsp3) is 0.333. The number of nitrogens with one attached hydrogen (secondary N) is 3. The van der Waals surface area contributed by atoms with Crippen molar-refractivity contribution in [3.8, 4) is 11.5 Å². The van der Waals surface area contributed by atoms with Crippen molar-refractivity contribution in [2.24, 2.45) is 5.73 Å². The molecule has 12 heteroatoms. The molecule has 0 aliphatic rings. The molecule has 4 aromatic rings. The maximum atomic E-state index is 5.75. The number of ether oxygens (including phenoxy) is 2. The van der Waals surface area contributed by atoms with Gasteiger partial charge in [-0.15, -0.1) is 12.4 Å². The molecule has 2 atom stereocenters. The summed E-state index contributed by atoms with van der Waals surface area (Å²) in [7, 11) is 3.28. The second-order valence-corrected chi connectivity index (χ2v) is 9.45. The SMILES string of the molecule is CCC(C)N.CCC(C)Nc1cc(Nc2ccc(OC)cc2)ncn1.COc1ccc(Nc2cc(Cl)ncn2)cc1.Cl. The van der Waals surface area contributed by atoms with E-state index in [1.807, 2.05) is 61.5 Å². The molecular formula is C30H42Cl2N8O2. The Labute approximate surface area is 260 Å². The third-order valence-corrected chi connectivity index (χ3v) is 5.88. The predicted molar refractivity (Wildman–Crippen MR) is 176 cm³/mol. The molecule has 0 bridgehead atoms. The standard InChI is InChI=1S/C15H20N4O.C11H10ClN3O.C4H11N.ClH/c1-4-11(2)18-14-9-15(17-10-16-14)19-12-5-7-13(20-3)8-6-12;1-16-9-4-2-8(3-5-9)15-11-6-10(12)13-7-14-11;1-3-4(2)5;/h5-11H,4H2,1-3H3,(H2,16,17,18,19);2-7H,1H3,(H,13,14,15);4H,3,5H2,1-2H3;1H. The van der Waals surface area contributed by atoms with E-state index >= 15 is 0 Å². The largest absolute Gasteiger partial charge is 0.497 e. The zero-order chi connectivity index (χ0) is 30.0. The molecule has 2 aromatic carbocycles. The minimum atomic E-state index is 0. The number of hydrogen-bond acceptors (Lipinski definition) is 10. The van der Waals surface area contributed by atoms with Gasteiger partial charge in [-0.05, 0) is 75.2 Å². The number of halogens is 2. The number of hydrogen-bond donors (Lipinski definition) is 4. The van der Waals surface area contributed by atoms with Gasteiger partial charge in [0.1, 0.15) is 46.8 Å². The maximum absolute atomic E-state index is 5.75. The number of nitrogens with zero attached hydrogens (tertiary/aromatic N) is 4. The molecule has 0 saturated heterocycles. The van der Waals surface area contributed by atoms with Crippen molar-refractivity contribution in [3.63, 3.8) is 0 Å². The van der Waals surface area contributed by atoms with Gasteiger partial charge in [0.25, 0.3) is 0 Å². The van der Waals surface area contributed by atoms with Gasteiger partial charge in [-0.3, -0.25) is 0 Å². The summed E-state index contributed by atoms with van der Waals surface area (Å²) in [6.07, 6.45) is 5.09. The summed E-state index contributed by atoms with van der Waals surface area (Å²) in [5.41, 5.74) is 7.16. The van der Waals surface area contributed by atoms with Crippen LogP contribution in [0.3, 0.4) is 0 Å². The highest BCUT2D eigenvalue weighted by Gasteiger charge is 2.03. The van der Waals surface area contributed by atoms with Crippen LogP contribution in [0.4, 0.5) is 28.8 Å². The lowest BCUT2D eigenvalue weighted by atomic mass is 10.2. The summed E-state index contributed by atoms with van der Waals surface area (Å²) in [5.74, 6) is 3.88. The zero-order valence-corrected chi connectivity index (χ0v) is 26.5. The molecule has 4 rings (SSSR count). The van der Waals surface area contributed by atoms with E-state index in [-0.39, 0.29) is 12.4 Å². The maximum Gasteiger partial charge on any atom is 0.135 e. The summed E-state index contributed by atoms with van der Waals surface area (Å²) in [6.45, 7) is 8.33. The summed E-state index contributed by atoms with van der Waals surface area (Å²) in [6, 6.07) is 19.6. The van der Waals surface area contributed by atoms with E-state index in [1.165, 1.54) is 6.33 Å². The van der Waals surface area contributed by atoms with Crippen molar-refractivity contribution in [2.75, 3.05) is 30.2 Å². The van der Waals surface area contributed by atoms with E-state index in [1.54, 1.807) is 26.6 Å². The van der Waals surface area contributed by atoms with Gasteiger partial charge in [0.15, 0.2) is 0 Å². The van der Waals surface area contributed by atoms with Crippen LogP contribution < -0.4 is 31.2 Å². The fourth-order valence-electron chi connectivity index (χ4n) is 2.91. The molecule has 0 amide bonds. The molecule has 2 aromatic heterocycles. The van der Waals surface area contributed by atoms with Crippen molar-refractivity contribution in [3.05, 3.63) is 78.5 Å². The first-order valence-electron chi connectivity index (χ1n) is 13.4. The lowest BCUT2D eigenvalue weighted by molar-refractivity contribution is 0.415. The Morgan fingerprint density at radius 2 is 1.14 bits per heavy atom. The number of benzene rings is 2. The minimum absolute atomic E-state index is 0. The van der Waals surface area contributed by atoms with Crippen LogP contribution in [-0.2, 0) is 0 Å². The lowest BCUT2D eigenvalue weighted by Gasteiger charge is -2.13. The van der Waals surface area contributed by atoms with Crippen molar-refractivity contribution >= 4 is 52.8 Å². The molecule has 0 spiro atoms. The Morgan fingerprint density at radius 1 is 0.714 bits per heavy atom. The van der Waals surface area contributed by atoms with Crippen LogP contribution in [0, 0.1) is 0 Å². The first-order valence-corrected chi connectivity index (χ1v) is 13.8. The lowest BCUT2D eigenvalue weighted by Crippen LogP contribution is -2.14. The van der Waals surface area contributed by atoms with Crippen molar-refractivity contribution in [2.45, 2.75) is 52.6 Å². The fourth-order valence-corrected chi connectivity index (χ4v) is 3.05. The number of nitrogens with two attached hydrogens (primary N) is 1. The molecule has 0 aliphatic heterocycles. The van der Waals surface area contributed by atoms with Crippen LogP contribution in [0.25, 0.3) is 0 Å². The van der Waals surface area contributed by atoms with Crippen LogP contribution in [0.15, 0.2) is 73.3 Å². The van der Waals surface area contributed by atoms with E-state index in [9.17, 15) is 0 Å². The van der Waals surface area contributed by atoms with Crippen LogP contribution in [0.2, 0.25) is 5.15 Å². The smallest absolute Gasteiger partial charge is 0.135 e. The average Bonchev–Trinajstić information content (AvgIpc) is 2.99. The Morgan fingerprint density at radius 3 is 1.55 bits per heavy atom. The quantitative estimate of drug-likeness (QED) is 0.133. The minimum Gasteiger partial charge on any atom is -0.497 e. The normalized spacial score (nSPS) is 11.1. The van der Waals surface area contributed by atoms with Crippen LogP contribution in [0.1, 0.15) is 40.5 Å². The number of aromatic nitrogens is 4. The molecular weight excluding hydrogens is 575 g/mol. The molecule has 2 unspecified atom stereocenters. The number of anilines is 5. The average molecular weight is 618 g/mol. The van der Waals surface area contributed by atoms with Crippen LogP contribution >= 0.6 is 24.0 Å². The third-order valence-electron chi connectivity index (χ3n) is 5.68. The topological polar surface area (TPSA) is 132 Å². The van der Waals surface area contributed by atoms with Gasteiger partial charge in [-0.1, -0.05) is 25.4 Å². The molecule has 228 valence electrons. The van der Waals surface area contributed by atoms with E-state index in [4.69, 9.17) is 26.8 Å². The second kappa shape index (κ2) is 20.1. The van der Waals surface area contributed by atoms with Gasteiger partial charge in [0.05, 0.1) is 14.2 Å². The predicted octanol–water partition coefficient (Wildman–Crippen LogP) is 7.49. The Balaban J connectivity index is 0.000000360. The Bertz CT molecular complexity index is 1280. The molecule has 0 saturated carbocycles. The van der Waals surface area contributed by atoms with Gasteiger partial charge in [-0.25, -0.2) is 19.9 Å². The number of rotatable bonds is 10. The first kappa shape index (κ1) is 36.2. The monoisotopic (exact) mass is 616 g/mol. The van der Waals surface area contributed by atoms with E-state index in [0.29, 0.717) is 23.1 Å². The van der Waals surface area contributed by atoms with Gasteiger partial charge >= 0.3 is 0 Å². The third kappa shape index (κ3) is 14.2. The Hall–Kier alpha value is -3.86. The molecule has 0 aliphatic carbocycles. The molecule has 2 heterocycles. The molecule has 42 heavy (non-hydrogen) atoms.